The lowest BCUT2D eigenvalue weighted by atomic mass is 9.84. The zero-order valence-electron chi connectivity index (χ0n) is 17.3. The standard InChI is InChI=1S/C22H24F3IN2O2/c1-21(2,3)28(30-4)20(29)27-12-15(13-27)18-7-5-6-17(19(18)22(23,24)25)14-8-10-16(26)11-9-14/h5-11,15H,12-13H2,1-4H3. The molecule has 2 amide bonds. The van der Waals surface area contributed by atoms with Crippen molar-refractivity contribution >= 4 is 28.6 Å². The summed E-state index contributed by atoms with van der Waals surface area (Å²) in [6.07, 6.45) is -4.50. The third kappa shape index (κ3) is 4.59. The van der Waals surface area contributed by atoms with Crippen LogP contribution < -0.4 is 0 Å². The van der Waals surface area contributed by atoms with Gasteiger partial charge < -0.3 is 4.90 Å². The summed E-state index contributed by atoms with van der Waals surface area (Å²) in [5.74, 6) is -0.381. The van der Waals surface area contributed by atoms with Gasteiger partial charge in [-0.2, -0.15) is 18.2 Å². The Morgan fingerprint density at radius 1 is 1.10 bits per heavy atom. The number of urea groups is 1. The number of carbonyl (C=O) groups is 1. The van der Waals surface area contributed by atoms with Gasteiger partial charge >= 0.3 is 12.2 Å². The van der Waals surface area contributed by atoms with Crippen LogP contribution in [-0.2, 0) is 11.0 Å². The first-order chi connectivity index (χ1) is 13.9. The number of carbonyl (C=O) groups excluding carboxylic acids is 1. The second kappa shape index (κ2) is 8.37. The van der Waals surface area contributed by atoms with Crippen LogP contribution >= 0.6 is 22.6 Å². The molecule has 4 nitrogen and oxygen atoms in total. The summed E-state index contributed by atoms with van der Waals surface area (Å²) in [6.45, 7) is 5.93. The number of likely N-dealkylation sites (tertiary alicyclic amines) is 1. The van der Waals surface area contributed by atoms with Crippen molar-refractivity contribution in [3.63, 3.8) is 0 Å². The van der Waals surface area contributed by atoms with E-state index in [1.54, 1.807) is 30.3 Å². The van der Waals surface area contributed by atoms with Crippen molar-refractivity contribution in [3.8, 4) is 11.1 Å². The number of hydrogen-bond donors (Lipinski definition) is 0. The molecule has 0 bridgehead atoms. The van der Waals surface area contributed by atoms with E-state index in [0.29, 0.717) is 5.56 Å². The van der Waals surface area contributed by atoms with Crippen molar-refractivity contribution in [2.75, 3.05) is 20.2 Å². The Hall–Kier alpha value is -1.81. The molecule has 0 radical (unpaired) electrons. The van der Waals surface area contributed by atoms with Crippen LogP contribution in [0.2, 0.25) is 0 Å². The van der Waals surface area contributed by atoms with E-state index in [-0.39, 0.29) is 36.2 Å². The lowest BCUT2D eigenvalue weighted by Crippen LogP contribution is -2.57. The van der Waals surface area contributed by atoms with Crippen LogP contribution in [0.25, 0.3) is 11.1 Å². The fourth-order valence-corrected chi connectivity index (χ4v) is 4.06. The van der Waals surface area contributed by atoms with Crippen molar-refractivity contribution in [1.82, 2.24) is 9.96 Å². The summed E-state index contributed by atoms with van der Waals surface area (Å²) in [5, 5.41) is 1.25. The Balaban J connectivity index is 1.90. The molecule has 2 aromatic carbocycles. The minimum absolute atomic E-state index is 0.161. The third-order valence-corrected chi connectivity index (χ3v) is 5.81. The van der Waals surface area contributed by atoms with E-state index in [0.717, 1.165) is 3.57 Å². The molecule has 1 saturated heterocycles. The summed E-state index contributed by atoms with van der Waals surface area (Å²) in [4.78, 5) is 19.4. The average Bonchev–Trinajstić information content (AvgIpc) is 2.59. The van der Waals surface area contributed by atoms with Crippen molar-refractivity contribution in [3.05, 3.63) is 57.2 Å². The molecule has 30 heavy (non-hydrogen) atoms. The highest BCUT2D eigenvalue weighted by molar-refractivity contribution is 14.1. The van der Waals surface area contributed by atoms with Gasteiger partial charge in [0.05, 0.1) is 18.2 Å². The Morgan fingerprint density at radius 2 is 1.70 bits per heavy atom. The number of benzene rings is 2. The average molecular weight is 532 g/mol. The van der Waals surface area contributed by atoms with Gasteiger partial charge in [0.2, 0.25) is 0 Å². The summed E-state index contributed by atoms with van der Waals surface area (Å²) in [6, 6.07) is 11.3. The maximum absolute atomic E-state index is 14.1. The monoisotopic (exact) mass is 532 g/mol. The van der Waals surface area contributed by atoms with E-state index in [4.69, 9.17) is 4.84 Å². The normalized spacial score (nSPS) is 15.1. The van der Waals surface area contributed by atoms with Crippen LogP contribution in [-0.4, -0.2) is 41.7 Å². The summed E-state index contributed by atoms with van der Waals surface area (Å²) < 4.78 is 43.2. The van der Waals surface area contributed by atoms with E-state index in [2.05, 4.69) is 22.6 Å². The summed E-state index contributed by atoms with van der Waals surface area (Å²) in [5.41, 5.74) is -0.270. The van der Waals surface area contributed by atoms with Gasteiger partial charge in [0.15, 0.2) is 0 Å². The molecular formula is C22H24F3IN2O2. The Kier molecular flexibility index (Phi) is 6.38. The lowest BCUT2D eigenvalue weighted by Gasteiger charge is -2.45. The number of nitrogens with zero attached hydrogens (tertiary/aromatic N) is 2. The Bertz CT molecular complexity index is 917. The molecule has 0 saturated carbocycles. The van der Waals surface area contributed by atoms with Crippen LogP contribution in [0.3, 0.4) is 0 Å². The minimum Gasteiger partial charge on any atom is -0.321 e. The van der Waals surface area contributed by atoms with E-state index in [1.807, 2.05) is 20.8 Å². The Labute approximate surface area is 188 Å². The number of halogens is 4. The molecular weight excluding hydrogens is 508 g/mol. The van der Waals surface area contributed by atoms with E-state index in [1.165, 1.54) is 29.2 Å². The van der Waals surface area contributed by atoms with Gasteiger partial charge in [-0.15, -0.1) is 0 Å². The van der Waals surface area contributed by atoms with Crippen LogP contribution in [0.15, 0.2) is 42.5 Å². The first-order valence-electron chi connectivity index (χ1n) is 9.52. The molecule has 0 aliphatic carbocycles. The van der Waals surface area contributed by atoms with Gasteiger partial charge in [-0.1, -0.05) is 30.3 Å². The highest BCUT2D eigenvalue weighted by atomic mass is 127. The summed E-state index contributed by atoms with van der Waals surface area (Å²) >= 11 is 2.12. The maximum atomic E-state index is 14.1. The molecule has 8 heteroatoms. The van der Waals surface area contributed by atoms with Crippen molar-refractivity contribution in [2.24, 2.45) is 0 Å². The van der Waals surface area contributed by atoms with Crippen LogP contribution in [0, 0.1) is 3.57 Å². The number of hydroxylamine groups is 2. The smallest absolute Gasteiger partial charge is 0.321 e. The SMILES string of the molecule is CON(C(=O)N1CC(c2cccc(-c3ccc(I)cc3)c2C(F)(F)F)C1)C(C)(C)C. The van der Waals surface area contributed by atoms with Gasteiger partial charge in [-0.25, -0.2) is 4.79 Å². The zero-order chi connectivity index (χ0) is 22.3. The van der Waals surface area contributed by atoms with Crippen molar-refractivity contribution < 1.29 is 22.8 Å². The molecule has 1 fully saturated rings. The highest BCUT2D eigenvalue weighted by Crippen LogP contribution is 2.44. The van der Waals surface area contributed by atoms with Crippen LogP contribution in [0.1, 0.15) is 37.8 Å². The van der Waals surface area contributed by atoms with Gasteiger partial charge in [-0.05, 0) is 72.2 Å². The number of rotatable bonds is 3. The minimum atomic E-state index is -4.50. The molecule has 2 aromatic rings. The van der Waals surface area contributed by atoms with Gasteiger partial charge in [0.1, 0.15) is 0 Å². The van der Waals surface area contributed by atoms with Gasteiger partial charge in [0.25, 0.3) is 0 Å². The molecule has 3 rings (SSSR count). The summed E-state index contributed by atoms with van der Waals surface area (Å²) in [7, 11) is 1.41. The second-order valence-electron chi connectivity index (χ2n) is 8.31. The fourth-order valence-electron chi connectivity index (χ4n) is 3.70. The van der Waals surface area contributed by atoms with Gasteiger partial charge in [-0.3, -0.25) is 4.84 Å². The number of hydrogen-bond acceptors (Lipinski definition) is 2. The molecule has 0 spiro atoms. The molecule has 1 aliphatic rings. The van der Waals surface area contributed by atoms with E-state index < -0.39 is 17.3 Å². The molecule has 162 valence electrons. The van der Waals surface area contributed by atoms with Crippen molar-refractivity contribution in [1.29, 1.82) is 0 Å². The van der Waals surface area contributed by atoms with Crippen LogP contribution in [0.5, 0.6) is 0 Å². The number of alkyl halides is 3. The molecule has 1 aliphatic heterocycles. The molecule has 1 heterocycles. The first kappa shape index (κ1) is 22.9. The predicted octanol–water partition coefficient (Wildman–Crippen LogP) is 6.16. The molecule has 0 N–H and O–H groups in total. The van der Waals surface area contributed by atoms with E-state index >= 15 is 0 Å². The fraction of sp³-hybridized carbons (Fsp3) is 0.409. The highest BCUT2D eigenvalue weighted by Gasteiger charge is 2.43. The zero-order valence-corrected chi connectivity index (χ0v) is 19.4. The topological polar surface area (TPSA) is 32.8 Å². The maximum Gasteiger partial charge on any atom is 0.417 e. The number of amides is 2. The van der Waals surface area contributed by atoms with Gasteiger partial charge in [0, 0.05) is 22.6 Å². The Morgan fingerprint density at radius 3 is 2.20 bits per heavy atom. The predicted molar refractivity (Wildman–Crippen MR) is 118 cm³/mol. The quantitative estimate of drug-likeness (QED) is 0.351. The molecule has 0 atom stereocenters. The largest absolute Gasteiger partial charge is 0.417 e. The second-order valence-corrected chi connectivity index (χ2v) is 9.55. The third-order valence-electron chi connectivity index (χ3n) is 5.09. The van der Waals surface area contributed by atoms with Crippen LogP contribution in [0.4, 0.5) is 18.0 Å². The molecule has 0 aromatic heterocycles. The van der Waals surface area contributed by atoms with Crippen molar-refractivity contribution in [2.45, 2.75) is 38.4 Å². The lowest BCUT2D eigenvalue weighted by molar-refractivity contribution is -0.153. The first-order valence-corrected chi connectivity index (χ1v) is 10.6. The molecule has 0 unspecified atom stereocenters. The van der Waals surface area contributed by atoms with E-state index in [9.17, 15) is 18.0 Å².